The fourth-order valence-corrected chi connectivity index (χ4v) is 3.29. The van der Waals surface area contributed by atoms with Gasteiger partial charge in [0, 0.05) is 24.4 Å². The van der Waals surface area contributed by atoms with Crippen molar-refractivity contribution in [2.24, 2.45) is 5.41 Å². The van der Waals surface area contributed by atoms with Crippen molar-refractivity contribution < 1.29 is 9.59 Å². The summed E-state index contributed by atoms with van der Waals surface area (Å²) in [6.07, 6.45) is 1.76. The quantitative estimate of drug-likeness (QED) is 0.888. The monoisotopic (exact) mass is 356 g/mol. The van der Waals surface area contributed by atoms with Gasteiger partial charge in [0.25, 0.3) is 0 Å². The molecule has 1 unspecified atom stereocenters. The number of nitrogens with one attached hydrogen (secondary N) is 2. The van der Waals surface area contributed by atoms with Crippen LogP contribution in [0.5, 0.6) is 0 Å². The highest BCUT2D eigenvalue weighted by Crippen LogP contribution is 2.28. The van der Waals surface area contributed by atoms with Gasteiger partial charge in [-0.1, -0.05) is 32.9 Å². The first-order valence-electron chi connectivity index (χ1n) is 9.30. The standard InChI is InChI=1S/C20H28N4O2/c1-13(21-19(26)20(2,3)4)18(25)24-11-9-14(10-12-24)17-22-15-7-5-6-8-16(15)23-17/h5-8,13-14H,9-12H2,1-4H3,(H,21,26)(H,22,23). The Kier molecular flexibility index (Phi) is 5.03. The third-order valence-electron chi connectivity index (χ3n) is 5.00. The molecule has 6 nitrogen and oxygen atoms in total. The van der Waals surface area contributed by atoms with Crippen LogP contribution in [0.15, 0.2) is 24.3 Å². The summed E-state index contributed by atoms with van der Waals surface area (Å²) in [6, 6.07) is 7.53. The van der Waals surface area contributed by atoms with Gasteiger partial charge >= 0.3 is 0 Å². The van der Waals surface area contributed by atoms with Crippen LogP contribution in [0.4, 0.5) is 0 Å². The first-order valence-corrected chi connectivity index (χ1v) is 9.30. The number of benzene rings is 1. The van der Waals surface area contributed by atoms with E-state index in [1.807, 2.05) is 49.9 Å². The number of carbonyl (C=O) groups is 2. The van der Waals surface area contributed by atoms with E-state index in [1.54, 1.807) is 6.92 Å². The van der Waals surface area contributed by atoms with Gasteiger partial charge in [-0.15, -0.1) is 0 Å². The molecule has 1 aromatic carbocycles. The van der Waals surface area contributed by atoms with Gasteiger partial charge in [0.2, 0.25) is 11.8 Å². The normalized spacial score (nSPS) is 17.3. The molecule has 0 aliphatic carbocycles. The first kappa shape index (κ1) is 18.4. The number of hydrogen-bond acceptors (Lipinski definition) is 3. The molecule has 1 atom stereocenters. The number of nitrogens with zero attached hydrogens (tertiary/aromatic N) is 2. The molecule has 2 aromatic rings. The first-order chi connectivity index (χ1) is 12.3. The lowest BCUT2D eigenvalue weighted by atomic mass is 9.94. The van der Waals surface area contributed by atoms with Crippen LogP contribution in [0.2, 0.25) is 0 Å². The van der Waals surface area contributed by atoms with Crippen molar-refractivity contribution in [1.82, 2.24) is 20.2 Å². The second kappa shape index (κ2) is 7.09. The highest BCUT2D eigenvalue weighted by atomic mass is 16.2. The van der Waals surface area contributed by atoms with Crippen molar-refractivity contribution in [2.75, 3.05) is 13.1 Å². The highest BCUT2D eigenvalue weighted by Gasteiger charge is 2.30. The molecule has 1 aliphatic rings. The molecule has 2 amide bonds. The smallest absolute Gasteiger partial charge is 0.244 e. The Bertz CT molecular complexity index is 764. The lowest BCUT2D eigenvalue weighted by molar-refractivity contribution is -0.138. The molecule has 0 radical (unpaired) electrons. The van der Waals surface area contributed by atoms with Gasteiger partial charge in [0.15, 0.2) is 0 Å². The summed E-state index contributed by atoms with van der Waals surface area (Å²) in [5.41, 5.74) is 1.54. The molecule has 3 rings (SSSR count). The van der Waals surface area contributed by atoms with E-state index in [0.717, 1.165) is 29.7 Å². The molecule has 1 aliphatic heterocycles. The van der Waals surface area contributed by atoms with Gasteiger partial charge in [-0.25, -0.2) is 4.98 Å². The summed E-state index contributed by atoms with van der Waals surface area (Å²) in [5.74, 6) is 1.24. The summed E-state index contributed by atoms with van der Waals surface area (Å²) >= 11 is 0. The molecular formula is C20H28N4O2. The number of likely N-dealkylation sites (tertiary alicyclic amines) is 1. The van der Waals surface area contributed by atoms with Gasteiger partial charge in [-0.3, -0.25) is 9.59 Å². The third kappa shape index (κ3) is 3.89. The van der Waals surface area contributed by atoms with E-state index in [1.165, 1.54) is 0 Å². The van der Waals surface area contributed by atoms with Crippen molar-refractivity contribution in [1.29, 1.82) is 0 Å². The van der Waals surface area contributed by atoms with Crippen molar-refractivity contribution in [3.8, 4) is 0 Å². The van der Waals surface area contributed by atoms with Gasteiger partial charge in [-0.05, 0) is 31.9 Å². The summed E-state index contributed by atoms with van der Waals surface area (Å²) < 4.78 is 0. The predicted molar refractivity (Wildman–Crippen MR) is 102 cm³/mol. The predicted octanol–water partition coefficient (Wildman–Crippen LogP) is 2.82. The molecule has 0 spiro atoms. The third-order valence-corrected chi connectivity index (χ3v) is 5.00. The molecule has 26 heavy (non-hydrogen) atoms. The van der Waals surface area contributed by atoms with Crippen LogP contribution >= 0.6 is 0 Å². The molecule has 0 bridgehead atoms. The molecule has 2 heterocycles. The van der Waals surface area contributed by atoms with Crippen LogP contribution in [-0.2, 0) is 9.59 Å². The van der Waals surface area contributed by atoms with Crippen LogP contribution in [-0.4, -0.2) is 45.8 Å². The number of amides is 2. The van der Waals surface area contributed by atoms with Crippen LogP contribution < -0.4 is 5.32 Å². The molecular weight excluding hydrogens is 328 g/mol. The fraction of sp³-hybridized carbons (Fsp3) is 0.550. The van der Waals surface area contributed by atoms with E-state index in [9.17, 15) is 9.59 Å². The number of rotatable bonds is 3. The maximum Gasteiger partial charge on any atom is 0.244 e. The van der Waals surface area contributed by atoms with E-state index < -0.39 is 11.5 Å². The zero-order valence-electron chi connectivity index (χ0n) is 16.0. The average Bonchev–Trinajstić information content (AvgIpc) is 3.04. The molecule has 140 valence electrons. The van der Waals surface area contributed by atoms with Gasteiger partial charge in [0.05, 0.1) is 11.0 Å². The Labute approximate surface area is 154 Å². The average molecular weight is 356 g/mol. The number of fused-ring (bicyclic) bond motifs is 1. The van der Waals surface area contributed by atoms with Gasteiger partial charge in [-0.2, -0.15) is 0 Å². The molecule has 1 aromatic heterocycles. The van der Waals surface area contributed by atoms with Crippen LogP contribution in [0.3, 0.4) is 0 Å². The number of H-pyrrole nitrogens is 1. The zero-order chi connectivity index (χ0) is 18.9. The largest absolute Gasteiger partial charge is 0.344 e. The van der Waals surface area contributed by atoms with Crippen LogP contribution in [0.1, 0.15) is 52.3 Å². The number of aromatic amines is 1. The zero-order valence-corrected chi connectivity index (χ0v) is 16.0. The number of aromatic nitrogens is 2. The van der Waals surface area contributed by atoms with Crippen molar-refractivity contribution in [3.63, 3.8) is 0 Å². The Balaban J connectivity index is 1.57. The maximum absolute atomic E-state index is 12.6. The topological polar surface area (TPSA) is 78.1 Å². The minimum Gasteiger partial charge on any atom is -0.344 e. The number of hydrogen-bond donors (Lipinski definition) is 2. The lowest BCUT2D eigenvalue weighted by Crippen LogP contribution is -2.51. The van der Waals surface area contributed by atoms with Crippen molar-refractivity contribution in [2.45, 2.75) is 52.5 Å². The van der Waals surface area contributed by atoms with E-state index in [0.29, 0.717) is 19.0 Å². The number of piperidine rings is 1. The number of para-hydroxylation sites is 2. The second-order valence-corrected chi connectivity index (χ2v) is 8.18. The number of imidazole rings is 1. The second-order valence-electron chi connectivity index (χ2n) is 8.18. The Hall–Kier alpha value is -2.37. The van der Waals surface area contributed by atoms with E-state index in [2.05, 4.69) is 10.3 Å². The maximum atomic E-state index is 12.6. The van der Waals surface area contributed by atoms with Crippen molar-refractivity contribution >= 4 is 22.8 Å². The van der Waals surface area contributed by atoms with E-state index >= 15 is 0 Å². The Morgan fingerprint density at radius 3 is 2.50 bits per heavy atom. The molecule has 1 saturated heterocycles. The minimum atomic E-state index is -0.497. The van der Waals surface area contributed by atoms with Crippen LogP contribution in [0, 0.1) is 5.41 Å². The van der Waals surface area contributed by atoms with Gasteiger partial charge < -0.3 is 15.2 Å². The molecule has 6 heteroatoms. The van der Waals surface area contributed by atoms with E-state index in [-0.39, 0.29) is 11.8 Å². The summed E-state index contributed by atoms with van der Waals surface area (Å²) in [6.45, 7) is 8.68. The summed E-state index contributed by atoms with van der Waals surface area (Å²) in [5, 5.41) is 2.83. The van der Waals surface area contributed by atoms with Gasteiger partial charge in [0.1, 0.15) is 11.9 Å². The fourth-order valence-electron chi connectivity index (χ4n) is 3.29. The SMILES string of the molecule is CC(NC(=O)C(C)(C)C)C(=O)N1CCC(c2nc3ccccc3[nH]2)CC1. The summed E-state index contributed by atoms with van der Waals surface area (Å²) in [4.78, 5) is 34.7. The highest BCUT2D eigenvalue weighted by molar-refractivity contribution is 5.89. The molecule has 1 fully saturated rings. The van der Waals surface area contributed by atoms with Crippen molar-refractivity contribution in [3.05, 3.63) is 30.1 Å². The summed E-state index contributed by atoms with van der Waals surface area (Å²) in [7, 11) is 0. The minimum absolute atomic E-state index is 0.00865. The molecule has 0 saturated carbocycles. The molecule has 2 N–H and O–H groups in total. The number of carbonyl (C=O) groups excluding carboxylic acids is 2. The Morgan fingerprint density at radius 2 is 1.88 bits per heavy atom. The Morgan fingerprint density at radius 1 is 1.23 bits per heavy atom. The lowest BCUT2D eigenvalue weighted by Gasteiger charge is -2.33. The van der Waals surface area contributed by atoms with Crippen LogP contribution in [0.25, 0.3) is 11.0 Å². The van der Waals surface area contributed by atoms with E-state index in [4.69, 9.17) is 4.98 Å².